The molecule has 0 atom stereocenters. The Morgan fingerprint density at radius 3 is 2.48 bits per heavy atom. The van der Waals surface area contributed by atoms with Crippen LogP contribution in [-0.4, -0.2) is 28.5 Å². The number of aliphatic carboxylic acids is 1. The van der Waals surface area contributed by atoms with Gasteiger partial charge in [-0.15, -0.1) is 0 Å². The number of benzene rings is 2. The quantitative estimate of drug-likeness (QED) is 0.397. The molecule has 0 radical (unpaired) electrons. The van der Waals surface area contributed by atoms with Crippen molar-refractivity contribution in [1.29, 1.82) is 0 Å². The van der Waals surface area contributed by atoms with Gasteiger partial charge in [-0.2, -0.15) is 0 Å². The lowest BCUT2D eigenvalue weighted by atomic mass is 10.1. The van der Waals surface area contributed by atoms with Crippen molar-refractivity contribution in [3.8, 4) is 5.75 Å². The lowest BCUT2D eigenvalue weighted by Crippen LogP contribution is -2.23. The molecule has 2 N–H and O–H groups in total. The van der Waals surface area contributed by atoms with Crippen LogP contribution in [0.4, 0.5) is 5.69 Å². The number of aryl methyl sites for hydroxylation is 1. The molecular weight excluding hydrogens is 352 g/mol. The molecule has 0 aliphatic rings. The maximum Gasteiger partial charge on any atom is 0.303 e. The number of nitro benzene ring substituents is 1. The van der Waals surface area contributed by atoms with E-state index >= 15 is 0 Å². The van der Waals surface area contributed by atoms with Crippen LogP contribution in [0.3, 0.4) is 0 Å². The van der Waals surface area contributed by atoms with Crippen LogP contribution in [0.1, 0.15) is 34.3 Å². The Kier molecular flexibility index (Phi) is 6.87. The third kappa shape index (κ3) is 6.10. The highest BCUT2D eigenvalue weighted by atomic mass is 16.6. The highest BCUT2D eigenvalue weighted by Gasteiger charge is 2.13. The zero-order valence-corrected chi connectivity index (χ0v) is 14.8. The largest absolute Gasteiger partial charge is 0.494 e. The van der Waals surface area contributed by atoms with E-state index in [-0.39, 0.29) is 18.0 Å². The Bertz CT molecular complexity index is 833. The minimum Gasteiger partial charge on any atom is -0.494 e. The number of rotatable bonds is 9. The van der Waals surface area contributed by atoms with Crippen LogP contribution in [-0.2, 0) is 11.3 Å². The normalized spacial score (nSPS) is 10.3. The van der Waals surface area contributed by atoms with Crippen LogP contribution in [0.2, 0.25) is 0 Å². The second-order valence-electron chi connectivity index (χ2n) is 5.93. The number of carbonyl (C=O) groups is 2. The van der Waals surface area contributed by atoms with Crippen molar-refractivity contribution in [1.82, 2.24) is 5.32 Å². The van der Waals surface area contributed by atoms with Crippen LogP contribution >= 0.6 is 0 Å². The zero-order valence-electron chi connectivity index (χ0n) is 14.8. The summed E-state index contributed by atoms with van der Waals surface area (Å²) in [5, 5.41) is 22.1. The Morgan fingerprint density at radius 2 is 1.89 bits per heavy atom. The fourth-order valence-electron chi connectivity index (χ4n) is 2.41. The predicted octanol–water partition coefficient (Wildman–Crippen LogP) is 3.08. The highest BCUT2D eigenvalue weighted by Crippen LogP contribution is 2.17. The molecule has 0 bridgehead atoms. The molecule has 8 nitrogen and oxygen atoms in total. The number of ether oxygens (including phenoxy) is 1. The Balaban J connectivity index is 1.86. The van der Waals surface area contributed by atoms with Gasteiger partial charge in [-0.05, 0) is 42.7 Å². The van der Waals surface area contributed by atoms with Crippen molar-refractivity contribution in [2.45, 2.75) is 26.3 Å². The van der Waals surface area contributed by atoms with Crippen molar-refractivity contribution >= 4 is 17.6 Å². The topological polar surface area (TPSA) is 119 Å². The lowest BCUT2D eigenvalue weighted by molar-refractivity contribution is -0.384. The molecule has 0 unspecified atom stereocenters. The Hall–Kier alpha value is -3.42. The number of nitrogens with one attached hydrogen (secondary N) is 1. The summed E-state index contributed by atoms with van der Waals surface area (Å²) in [7, 11) is 0. The smallest absolute Gasteiger partial charge is 0.303 e. The number of amides is 1. The van der Waals surface area contributed by atoms with E-state index in [0.29, 0.717) is 36.4 Å². The summed E-state index contributed by atoms with van der Waals surface area (Å²) in [6.07, 6.45) is 0.494. The maximum atomic E-state index is 12.3. The summed E-state index contributed by atoms with van der Waals surface area (Å²) in [5.74, 6) is -0.536. The van der Waals surface area contributed by atoms with E-state index in [4.69, 9.17) is 9.84 Å². The standard InChI is InChI=1S/C19H20N2O6/c1-13-11-15(21(25)26)6-9-17(13)19(24)20-12-14-4-7-16(8-5-14)27-10-2-3-18(22)23/h4-9,11H,2-3,10,12H2,1H3,(H,20,24)(H,22,23). The van der Waals surface area contributed by atoms with E-state index in [1.807, 2.05) is 0 Å². The number of carboxylic acids is 1. The summed E-state index contributed by atoms with van der Waals surface area (Å²) >= 11 is 0. The van der Waals surface area contributed by atoms with Gasteiger partial charge in [0.05, 0.1) is 11.5 Å². The van der Waals surface area contributed by atoms with Crippen molar-refractivity contribution in [3.05, 3.63) is 69.3 Å². The summed E-state index contributed by atoms with van der Waals surface area (Å²) in [5.41, 5.74) is 1.73. The molecular formula is C19H20N2O6. The van der Waals surface area contributed by atoms with Gasteiger partial charge in [0.25, 0.3) is 11.6 Å². The first-order valence-corrected chi connectivity index (χ1v) is 8.33. The predicted molar refractivity (Wildman–Crippen MR) is 97.8 cm³/mol. The monoisotopic (exact) mass is 372 g/mol. The first-order valence-electron chi connectivity index (χ1n) is 8.33. The number of hydrogen-bond donors (Lipinski definition) is 2. The van der Waals surface area contributed by atoms with Gasteiger partial charge >= 0.3 is 5.97 Å². The minimum absolute atomic E-state index is 0.0528. The Labute approximate surface area is 155 Å². The molecule has 0 aliphatic heterocycles. The van der Waals surface area contributed by atoms with Crippen molar-refractivity contribution in [3.63, 3.8) is 0 Å². The molecule has 0 fully saturated rings. The van der Waals surface area contributed by atoms with Crippen molar-refractivity contribution in [2.75, 3.05) is 6.61 Å². The molecule has 2 aromatic carbocycles. The molecule has 0 saturated heterocycles. The highest BCUT2D eigenvalue weighted by molar-refractivity contribution is 5.95. The number of hydrogen-bond acceptors (Lipinski definition) is 5. The number of nitro groups is 1. The maximum absolute atomic E-state index is 12.3. The molecule has 0 spiro atoms. The van der Waals surface area contributed by atoms with Gasteiger partial charge in [0, 0.05) is 30.7 Å². The van der Waals surface area contributed by atoms with Gasteiger partial charge in [0.15, 0.2) is 0 Å². The van der Waals surface area contributed by atoms with Crippen LogP contribution in [0, 0.1) is 17.0 Å². The minimum atomic E-state index is -0.854. The fraction of sp³-hybridized carbons (Fsp3) is 0.263. The van der Waals surface area contributed by atoms with Crippen molar-refractivity contribution in [2.24, 2.45) is 0 Å². The van der Waals surface area contributed by atoms with Crippen LogP contribution in [0.5, 0.6) is 5.75 Å². The van der Waals surface area contributed by atoms with Gasteiger partial charge < -0.3 is 15.2 Å². The third-order valence-corrected chi connectivity index (χ3v) is 3.85. The van der Waals surface area contributed by atoms with Crippen LogP contribution in [0.15, 0.2) is 42.5 Å². The summed E-state index contributed by atoms with van der Waals surface area (Å²) < 4.78 is 5.45. The second-order valence-corrected chi connectivity index (χ2v) is 5.93. The molecule has 0 heterocycles. The molecule has 8 heteroatoms. The molecule has 142 valence electrons. The molecule has 0 saturated carbocycles. The zero-order chi connectivity index (χ0) is 19.8. The SMILES string of the molecule is Cc1cc([N+](=O)[O-])ccc1C(=O)NCc1ccc(OCCCC(=O)O)cc1. The van der Waals surface area contributed by atoms with E-state index in [9.17, 15) is 19.7 Å². The molecule has 2 rings (SSSR count). The van der Waals surface area contributed by atoms with Crippen molar-refractivity contribution < 1.29 is 24.4 Å². The van der Waals surface area contributed by atoms with E-state index in [1.165, 1.54) is 18.2 Å². The van der Waals surface area contributed by atoms with Gasteiger partial charge in [0.2, 0.25) is 0 Å². The van der Waals surface area contributed by atoms with E-state index in [1.54, 1.807) is 31.2 Å². The van der Waals surface area contributed by atoms with E-state index in [0.717, 1.165) is 5.56 Å². The average molecular weight is 372 g/mol. The third-order valence-electron chi connectivity index (χ3n) is 3.85. The van der Waals surface area contributed by atoms with Gasteiger partial charge in [-0.25, -0.2) is 0 Å². The molecule has 2 aromatic rings. The molecule has 27 heavy (non-hydrogen) atoms. The summed E-state index contributed by atoms with van der Waals surface area (Å²) in [6, 6.07) is 11.2. The first-order chi connectivity index (χ1) is 12.9. The number of carboxylic acid groups (broad SMARTS) is 1. The number of carbonyl (C=O) groups excluding carboxylic acids is 1. The number of nitrogens with zero attached hydrogens (tertiary/aromatic N) is 1. The lowest BCUT2D eigenvalue weighted by Gasteiger charge is -2.09. The summed E-state index contributed by atoms with van der Waals surface area (Å²) in [6.45, 7) is 2.27. The van der Waals surface area contributed by atoms with Crippen LogP contribution < -0.4 is 10.1 Å². The van der Waals surface area contributed by atoms with E-state index < -0.39 is 10.9 Å². The first kappa shape index (κ1) is 19.9. The fourth-order valence-corrected chi connectivity index (χ4v) is 2.41. The Morgan fingerprint density at radius 1 is 1.19 bits per heavy atom. The van der Waals surface area contributed by atoms with Crippen LogP contribution in [0.25, 0.3) is 0 Å². The van der Waals surface area contributed by atoms with Gasteiger partial charge in [-0.3, -0.25) is 19.7 Å². The van der Waals surface area contributed by atoms with E-state index in [2.05, 4.69) is 5.32 Å². The molecule has 0 aliphatic carbocycles. The molecule has 0 aromatic heterocycles. The molecule has 1 amide bonds. The summed E-state index contributed by atoms with van der Waals surface area (Å²) in [4.78, 5) is 32.9. The average Bonchev–Trinajstić information content (AvgIpc) is 2.64. The van der Waals surface area contributed by atoms with Gasteiger partial charge in [0.1, 0.15) is 5.75 Å². The number of non-ortho nitro benzene ring substituents is 1. The van der Waals surface area contributed by atoms with Gasteiger partial charge in [-0.1, -0.05) is 12.1 Å². The second kappa shape index (κ2) is 9.33.